The molecule has 1 N–H and O–H groups in total. The Morgan fingerprint density at radius 2 is 1.83 bits per heavy atom. The minimum Gasteiger partial charge on any atom is -0.457 e. The molecule has 174 valence electrons. The highest BCUT2D eigenvalue weighted by Crippen LogP contribution is 2.32. The summed E-state index contributed by atoms with van der Waals surface area (Å²) in [4.78, 5) is 32.0. The summed E-state index contributed by atoms with van der Waals surface area (Å²) in [6, 6.07) is 20.9. The molecule has 0 aliphatic heterocycles. The van der Waals surface area contributed by atoms with Gasteiger partial charge in [-0.3, -0.25) is 9.78 Å². The molecule has 0 spiro atoms. The topological polar surface area (TPSA) is 86.1 Å². The van der Waals surface area contributed by atoms with Crippen LogP contribution >= 0.6 is 11.3 Å². The van der Waals surface area contributed by atoms with Gasteiger partial charge in [-0.05, 0) is 23.9 Å². The van der Waals surface area contributed by atoms with Crippen LogP contribution in [0.5, 0.6) is 0 Å². The zero-order valence-electron chi connectivity index (χ0n) is 19.0. The van der Waals surface area contributed by atoms with Gasteiger partial charge in [0.1, 0.15) is 23.6 Å². The van der Waals surface area contributed by atoms with Crippen LogP contribution < -0.4 is 10.9 Å². The fraction of sp³-hybridized carbons (Fsp3) is 0.111. The number of benzene rings is 2. The normalized spacial score (nSPS) is 10.9. The predicted molar refractivity (Wildman–Crippen MR) is 138 cm³/mol. The van der Waals surface area contributed by atoms with Crippen LogP contribution in [0.4, 0.5) is 11.4 Å². The number of anilines is 2. The van der Waals surface area contributed by atoms with Gasteiger partial charge in [0.2, 0.25) is 0 Å². The highest BCUT2D eigenvalue weighted by Gasteiger charge is 2.26. The van der Waals surface area contributed by atoms with Crippen molar-refractivity contribution in [1.82, 2.24) is 14.8 Å². The van der Waals surface area contributed by atoms with E-state index in [1.54, 1.807) is 12.4 Å². The number of ether oxygens (including phenoxy) is 1. The molecule has 3 heterocycles. The van der Waals surface area contributed by atoms with Crippen LogP contribution in [0.2, 0.25) is 0 Å². The van der Waals surface area contributed by atoms with E-state index in [1.165, 1.54) is 16.0 Å². The number of hydrogen-bond donors (Lipinski definition) is 1. The van der Waals surface area contributed by atoms with Crippen LogP contribution in [0.3, 0.4) is 0 Å². The first kappa shape index (κ1) is 22.5. The summed E-state index contributed by atoms with van der Waals surface area (Å²) in [5.41, 5.74) is 1.67. The number of aryl methyl sites for hydroxylation is 1. The molecule has 0 aliphatic carbocycles. The van der Waals surface area contributed by atoms with E-state index < -0.39 is 11.5 Å². The minimum atomic E-state index is -0.624. The van der Waals surface area contributed by atoms with Gasteiger partial charge in [0.25, 0.3) is 5.56 Å². The van der Waals surface area contributed by atoms with E-state index in [1.807, 2.05) is 79.0 Å². The van der Waals surface area contributed by atoms with Crippen molar-refractivity contribution in [2.45, 2.75) is 20.1 Å². The fourth-order valence-corrected chi connectivity index (χ4v) is 4.55. The second kappa shape index (κ2) is 9.90. The van der Waals surface area contributed by atoms with E-state index in [-0.39, 0.29) is 17.9 Å². The van der Waals surface area contributed by atoms with Crippen molar-refractivity contribution in [3.63, 3.8) is 0 Å². The maximum Gasteiger partial charge on any atom is 0.343 e. The minimum absolute atomic E-state index is 0.0790. The van der Waals surface area contributed by atoms with Crippen molar-refractivity contribution in [3.8, 4) is 10.6 Å². The first-order valence-corrected chi connectivity index (χ1v) is 12.0. The first-order chi connectivity index (χ1) is 17.2. The highest BCUT2D eigenvalue weighted by molar-refractivity contribution is 7.13. The zero-order chi connectivity index (χ0) is 24.2. The molecule has 2 aromatic carbocycles. The molecule has 0 amide bonds. The van der Waals surface area contributed by atoms with Crippen molar-refractivity contribution in [3.05, 3.63) is 106 Å². The number of nitrogens with one attached hydrogen (secondary N) is 1. The standard InChI is InChI=1S/C27H22N4O3S/c1-2-31-26(32)25(29-21-16-28-15-19-11-6-7-12-20(19)21)23(24(30-31)22-13-8-14-35-22)27(33)34-17-18-9-4-3-5-10-18/h3-16,29H,2,17H2,1H3. The number of nitrogens with zero attached hydrogens (tertiary/aromatic N) is 3. The number of esters is 1. The number of thiophene rings is 1. The molecule has 5 aromatic rings. The number of hydrogen-bond acceptors (Lipinski definition) is 7. The van der Waals surface area contributed by atoms with E-state index in [9.17, 15) is 9.59 Å². The van der Waals surface area contributed by atoms with E-state index in [0.29, 0.717) is 17.9 Å². The summed E-state index contributed by atoms with van der Waals surface area (Å²) in [5, 5.41) is 11.4. The van der Waals surface area contributed by atoms with Crippen molar-refractivity contribution in [2.75, 3.05) is 5.32 Å². The molecule has 8 heteroatoms. The van der Waals surface area contributed by atoms with Crippen LogP contribution in [-0.2, 0) is 17.9 Å². The van der Waals surface area contributed by atoms with Gasteiger partial charge < -0.3 is 10.1 Å². The van der Waals surface area contributed by atoms with Crippen molar-refractivity contribution in [2.24, 2.45) is 0 Å². The van der Waals surface area contributed by atoms with Gasteiger partial charge in [0.05, 0.1) is 16.8 Å². The quantitative estimate of drug-likeness (QED) is 0.302. The molecular formula is C27H22N4O3S. The van der Waals surface area contributed by atoms with Crippen LogP contribution in [0, 0.1) is 0 Å². The average Bonchev–Trinajstić information content (AvgIpc) is 3.44. The lowest BCUT2D eigenvalue weighted by atomic mass is 10.1. The van der Waals surface area contributed by atoms with E-state index >= 15 is 0 Å². The molecule has 5 rings (SSSR count). The Balaban J connectivity index is 1.66. The summed E-state index contributed by atoms with van der Waals surface area (Å²) in [7, 11) is 0. The third-order valence-corrected chi connectivity index (χ3v) is 6.43. The third kappa shape index (κ3) is 4.56. The van der Waals surface area contributed by atoms with Crippen LogP contribution in [0.25, 0.3) is 21.3 Å². The molecule has 0 unspecified atom stereocenters. The number of carbonyl (C=O) groups is 1. The number of rotatable bonds is 7. The lowest BCUT2D eigenvalue weighted by molar-refractivity contribution is 0.0474. The zero-order valence-corrected chi connectivity index (χ0v) is 19.8. The van der Waals surface area contributed by atoms with Gasteiger partial charge in [-0.2, -0.15) is 5.10 Å². The Kier molecular flexibility index (Phi) is 6.36. The molecule has 0 saturated heterocycles. The Morgan fingerprint density at radius 3 is 2.60 bits per heavy atom. The van der Waals surface area contributed by atoms with Crippen LogP contribution in [0.1, 0.15) is 22.8 Å². The molecule has 0 atom stereocenters. The first-order valence-electron chi connectivity index (χ1n) is 11.2. The van der Waals surface area contributed by atoms with Gasteiger partial charge in [-0.1, -0.05) is 60.7 Å². The molecule has 0 aliphatic rings. The average molecular weight is 483 g/mol. The lowest BCUT2D eigenvalue weighted by Gasteiger charge is -2.17. The monoisotopic (exact) mass is 482 g/mol. The smallest absolute Gasteiger partial charge is 0.343 e. The van der Waals surface area contributed by atoms with E-state index in [0.717, 1.165) is 21.2 Å². The van der Waals surface area contributed by atoms with E-state index in [4.69, 9.17) is 4.74 Å². The molecule has 0 fully saturated rings. The van der Waals surface area contributed by atoms with Crippen molar-refractivity contribution in [1.29, 1.82) is 0 Å². The number of aromatic nitrogens is 3. The van der Waals surface area contributed by atoms with Gasteiger partial charge in [0, 0.05) is 23.5 Å². The van der Waals surface area contributed by atoms with Gasteiger partial charge >= 0.3 is 5.97 Å². The summed E-state index contributed by atoms with van der Waals surface area (Å²) in [6.07, 6.45) is 3.39. The summed E-state index contributed by atoms with van der Waals surface area (Å²) in [6.45, 7) is 2.26. The molecule has 0 bridgehead atoms. The molecule has 35 heavy (non-hydrogen) atoms. The second-order valence-electron chi connectivity index (χ2n) is 7.79. The number of pyridine rings is 1. The SMILES string of the molecule is CCn1nc(-c2cccs2)c(C(=O)OCc2ccccc2)c(Nc2cncc3ccccc23)c1=O. The summed E-state index contributed by atoms with van der Waals surface area (Å²) in [5.74, 6) is -0.624. The Morgan fingerprint density at radius 1 is 1.03 bits per heavy atom. The number of fused-ring (bicyclic) bond motifs is 1. The predicted octanol–water partition coefficient (Wildman–Crippen LogP) is 5.64. The van der Waals surface area contributed by atoms with Gasteiger partial charge in [-0.25, -0.2) is 9.48 Å². The maximum absolute atomic E-state index is 13.5. The molecule has 0 radical (unpaired) electrons. The lowest BCUT2D eigenvalue weighted by Crippen LogP contribution is -2.29. The third-order valence-electron chi connectivity index (χ3n) is 5.55. The van der Waals surface area contributed by atoms with Crippen molar-refractivity contribution < 1.29 is 9.53 Å². The number of carbonyl (C=O) groups excluding carboxylic acids is 1. The second-order valence-corrected chi connectivity index (χ2v) is 8.74. The molecule has 3 aromatic heterocycles. The van der Waals surface area contributed by atoms with Gasteiger partial charge in [-0.15, -0.1) is 11.3 Å². The maximum atomic E-state index is 13.5. The van der Waals surface area contributed by atoms with Crippen molar-refractivity contribution >= 4 is 39.5 Å². The summed E-state index contributed by atoms with van der Waals surface area (Å²) < 4.78 is 7.02. The van der Waals surface area contributed by atoms with Gasteiger partial charge in [0.15, 0.2) is 0 Å². The van der Waals surface area contributed by atoms with E-state index in [2.05, 4.69) is 15.4 Å². The Labute approximate surface area is 205 Å². The highest BCUT2D eigenvalue weighted by atomic mass is 32.1. The molecule has 0 saturated carbocycles. The largest absolute Gasteiger partial charge is 0.457 e. The Hall–Kier alpha value is -4.30. The fourth-order valence-electron chi connectivity index (χ4n) is 3.83. The summed E-state index contributed by atoms with van der Waals surface area (Å²) >= 11 is 1.44. The molecular weight excluding hydrogens is 460 g/mol. The van der Waals surface area contributed by atoms with Crippen LogP contribution in [0.15, 0.2) is 89.3 Å². The van der Waals surface area contributed by atoms with Crippen LogP contribution in [-0.4, -0.2) is 20.7 Å². The Bertz CT molecular complexity index is 1540. The molecule has 7 nitrogen and oxygen atoms in total.